The molecule has 7 nitrogen and oxygen atoms in total. The summed E-state index contributed by atoms with van der Waals surface area (Å²) in [6.07, 6.45) is -4.79. The number of ether oxygens (including phenoxy) is 3. The first-order chi connectivity index (χ1) is 13.7. The smallest absolute Gasteiger partial charge is 0.496 e. The second-order valence-corrected chi connectivity index (χ2v) is 5.62. The van der Waals surface area contributed by atoms with Crippen molar-refractivity contribution in [2.75, 3.05) is 31.0 Å². The fourth-order valence-electron chi connectivity index (χ4n) is 2.51. The van der Waals surface area contributed by atoms with Gasteiger partial charge in [-0.25, -0.2) is 9.59 Å². The minimum Gasteiger partial charge on any atom is -0.496 e. The second kappa shape index (κ2) is 9.18. The van der Waals surface area contributed by atoms with Gasteiger partial charge in [-0.05, 0) is 43.3 Å². The van der Waals surface area contributed by atoms with E-state index in [1.54, 1.807) is 6.92 Å². The van der Waals surface area contributed by atoms with Crippen LogP contribution in [0.3, 0.4) is 0 Å². The summed E-state index contributed by atoms with van der Waals surface area (Å²) in [5.41, 5.74) is 0.924. The topological polar surface area (TPSA) is 77.1 Å². The highest BCUT2D eigenvalue weighted by atomic mass is 19.4. The number of carbonyl (C=O) groups is 2. The van der Waals surface area contributed by atoms with Crippen molar-refractivity contribution in [3.05, 3.63) is 48.0 Å². The van der Waals surface area contributed by atoms with Gasteiger partial charge in [-0.3, -0.25) is 4.90 Å². The van der Waals surface area contributed by atoms with Crippen LogP contribution in [0.5, 0.6) is 11.5 Å². The van der Waals surface area contributed by atoms with E-state index in [4.69, 9.17) is 4.74 Å². The quantitative estimate of drug-likeness (QED) is 0.710. The Hall–Kier alpha value is -3.43. The number of amides is 2. The SMILES string of the molecule is CCN(C(=O)Nc1ccc(C(=O)OC)c(OC)c1)c1ccc(OC(F)(F)F)cc1. The third kappa shape index (κ3) is 5.77. The molecule has 10 heteroatoms. The molecular weight excluding hydrogens is 393 g/mol. The fourth-order valence-corrected chi connectivity index (χ4v) is 2.51. The fraction of sp³-hybridized carbons (Fsp3) is 0.263. The predicted molar refractivity (Wildman–Crippen MR) is 99.5 cm³/mol. The normalized spacial score (nSPS) is 10.8. The maximum absolute atomic E-state index is 12.6. The van der Waals surface area contributed by atoms with Gasteiger partial charge < -0.3 is 19.5 Å². The molecule has 0 aromatic heterocycles. The molecule has 0 aliphatic rings. The third-order valence-corrected chi connectivity index (χ3v) is 3.80. The number of alkyl halides is 3. The molecule has 1 N–H and O–H groups in total. The number of halogens is 3. The molecule has 0 radical (unpaired) electrons. The van der Waals surface area contributed by atoms with Crippen LogP contribution in [0.2, 0.25) is 0 Å². The van der Waals surface area contributed by atoms with Crippen molar-refractivity contribution in [2.45, 2.75) is 13.3 Å². The van der Waals surface area contributed by atoms with Crippen molar-refractivity contribution < 1.29 is 37.0 Å². The zero-order valence-electron chi connectivity index (χ0n) is 15.9. The molecule has 0 heterocycles. The first-order valence-corrected chi connectivity index (χ1v) is 8.39. The highest BCUT2D eigenvalue weighted by Crippen LogP contribution is 2.27. The van der Waals surface area contributed by atoms with E-state index in [2.05, 4.69) is 14.8 Å². The molecule has 0 bridgehead atoms. The number of urea groups is 1. The summed E-state index contributed by atoms with van der Waals surface area (Å²) < 4.78 is 50.4. The van der Waals surface area contributed by atoms with Crippen molar-refractivity contribution in [2.24, 2.45) is 0 Å². The Balaban J connectivity index is 2.16. The zero-order chi connectivity index (χ0) is 21.6. The van der Waals surface area contributed by atoms with Gasteiger partial charge in [0.05, 0.1) is 14.2 Å². The molecule has 156 valence electrons. The minimum absolute atomic E-state index is 0.195. The van der Waals surface area contributed by atoms with Crippen LogP contribution in [0.25, 0.3) is 0 Å². The Morgan fingerprint density at radius 3 is 2.24 bits per heavy atom. The van der Waals surface area contributed by atoms with E-state index < -0.39 is 18.4 Å². The molecule has 29 heavy (non-hydrogen) atoms. The lowest BCUT2D eigenvalue weighted by molar-refractivity contribution is -0.274. The Kier molecular flexibility index (Phi) is 6.92. The molecule has 0 fully saturated rings. The van der Waals surface area contributed by atoms with Crippen molar-refractivity contribution >= 4 is 23.4 Å². The maximum Gasteiger partial charge on any atom is 0.573 e. The Labute approximate surface area is 165 Å². The van der Waals surface area contributed by atoms with Gasteiger partial charge in [0.1, 0.15) is 17.1 Å². The van der Waals surface area contributed by atoms with E-state index >= 15 is 0 Å². The third-order valence-electron chi connectivity index (χ3n) is 3.80. The van der Waals surface area contributed by atoms with E-state index in [-0.39, 0.29) is 23.6 Å². The molecule has 0 atom stereocenters. The highest BCUT2D eigenvalue weighted by Gasteiger charge is 2.31. The lowest BCUT2D eigenvalue weighted by Gasteiger charge is -2.22. The molecule has 0 saturated heterocycles. The summed E-state index contributed by atoms with van der Waals surface area (Å²) in [5.74, 6) is -0.761. The number of nitrogens with zero attached hydrogens (tertiary/aromatic N) is 1. The highest BCUT2D eigenvalue weighted by molar-refractivity contribution is 6.02. The Morgan fingerprint density at radius 1 is 1.07 bits per heavy atom. The number of hydrogen-bond donors (Lipinski definition) is 1. The lowest BCUT2D eigenvalue weighted by Crippen LogP contribution is -2.34. The van der Waals surface area contributed by atoms with E-state index in [9.17, 15) is 22.8 Å². The van der Waals surface area contributed by atoms with Crippen LogP contribution in [0.4, 0.5) is 29.3 Å². The van der Waals surface area contributed by atoms with E-state index in [0.29, 0.717) is 11.4 Å². The van der Waals surface area contributed by atoms with Crippen LogP contribution in [-0.2, 0) is 4.74 Å². The largest absolute Gasteiger partial charge is 0.573 e. The average molecular weight is 412 g/mol. The van der Waals surface area contributed by atoms with Crippen LogP contribution in [0.15, 0.2) is 42.5 Å². The van der Waals surface area contributed by atoms with Crippen LogP contribution in [-0.4, -0.2) is 39.1 Å². The molecule has 0 spiro atoms. The predicted octanol–water partition coefficient (Wildman–Crippen LogP) is 4.44. The number of anilines is 2. The number of carbonyl (C=O) groups excluding carboxylic acids is 2. The van der Waals surface area contributed by atoms with Crippen molar-refractivity contribution in [3.63, 3.8) is 0 Å². The second-order valence-electron chi connectivity index (χ2n) is 5.62. The first-order valence-electron chi connectivity index (χ1n) is 8.39. The Morgan fingerprint density at radius 2 is 1.72 bits per heavy atom. The monoisotopic (exact) mass is 412 g/mol. The summed E-state index contributed by atoms with van der Waals surface area (Å²) >= 11 is 0. The van der Waals surface area contributed by atoms with Crippen molar-refractivity contribution in [1.29, 1.82) is 0 Å². The summed E-state index contributed by atoms with van der Waals surface area (Å²) in [7, 11) is 2.61. The molecule has 0 aliphatic carbocycles. The van der Waals surface area contributed by atoms with Crippen molar-refractivity contribution in [3.8, 4) is 11.5 Å². The molecule has 0 unspecified atom stereocenters. The average Bonchev–Trinajstić information content (AvgIpc) is 2.68. The summed E-state index contributed by atoms with van der Waals surface area (Å²) in [4.78, 5) is 25.6. The molecule has 0 saturated carbocycles. The van der Waals surface area contributed by atoms with Gasteiger partial charge in [0.15, 0.2) is 0 Å². The molecule has 2 rings (SSSR count). The van der Waals surface area contributed by atoms with Gasteiger partial charge in [0, 0.05) is 24.0 Å². The number of benzene rings is 2. The number of methoxy groups -OCH3 is 2. The van der Waals surface area contributed by atoms with Gasteiger partial charge >= 0.3 is 18.4 Å². The van der Waals surface area contributed by atoms with Crippen LogP contribution in [0.1, 0.15) is 17.3 Å². The summed E-state index contributed by atoms with van der Waals surface area (Å²) in [6, 6.07) is 8.79. The van der Waals surface area contributed by atoms with Crippen molar-refractivity contribution in [1.82, 2.24) is 0 Å². The number of hydrogen-bond acceptors (Lipinski definition) is 5. The molecule has 2 aromatic rings. The van der Waals surface area contributed by atoms with Crippen LogP contribution in [0, 0.1) is 0 Å². The molecular formula is C19H19F3N2O5. The number of rotatable bonds is 6. The van der Waals surface area contributed by atoms with Gasteiger partial charge in [0.25, 0.3) is 0 Å². The van der Waals surface area contributed by atoms with E-state index in [1.165, 1.54) is 49.5 Å². The van der Waals surface area contributed by atoms with Crippen LogP contribution < -0.4 is 19.7 Å². The molecule has 2 aromatic carbocycles. The van der Waals surface area contributed by atoms with Crippen LogP contribution >= 0.6 is 0 Å². The molecule has 2 amide bonds. The summed E-state index contributed by atoms with van der Waals surface area (Å²) in [5, 5.41) is 2.65. The number of esters is 1. The van der Waals surface area contributed by atoms with Gasteiger partial charge in [-0.2, -0.15) is 0 Å². The lowest BCUT2D eigenvalue weighted by atomic mass is 10.2. The van der Waals surface area contributed by atoms with Gasteiger partial charge in [-0.15, -0.1) is 13.2 Å². The zero-order valence-corrected chi connectivity index (χ0v) is 15.9. The van der Waals surface area contributed by atoms with Gasteiger partial charge in [0.2, 0.25) is 0 Å². The minimum atomic E-state index is -4.79. The van der Waals surface area contributed by atoms with Gasteiger partial charge in [-0.1, -0.05) is 0 Å². The van der Waals surface area contributed by atoms with E-state index in [0.717, 1.165) is 12.1 Å². The Bertz CT molecular complexity index is 869. The standard InChI is InChI=1S/C19H19F3N2O5/c1-4-24(13-6-8-14(9-7-13)29-19(20,21)22)18(26)23-12-5-10-15(17(25)28-3)16(11-12)27-2/h5-11H,4H2,1-3H3,(H,23,26). The maximum atomic E-state index is 12.6. The first kappa shape index (κ1) is 21.9. The molecule has 0 aliphatic heterocycles. The summed E-state index contributed by atoms with van der Waals surface area (Å²) in [6.45, 7) is 1.96. The number of nitrogens with one attached hydrogen (secondary N) is 1. The van der Waals surface area contributed by atoms with E-state index in [1.807, 2.05) is 0 Å².